The molecule has 1 fully saturated rings. The monoisotopic (exact) mass is 400 g/mol. The number of halogens is 1. The number of piperidine rings is 1. The molecule has 2 rings (SSSR count). The van der Waals surface area contributed by atoms with Crippen molar-refractivity contribution in [3.8, 4) is 0 Å². The fourth-order valence-electron chi connectivity index (χ4n) is 3.66. The molecular weight excluding hydrogens is 368 g/mol. The predicted molar refractivity (Wildman–Crippen MR) is 107 cm³/mol. The van der Waals surface area contributed by atoms with Crippen LogP contribution in [0.25, 0.3) is 0 Å². The average molecular weight is 401 g/mol. The second-order valence-electron chi connectivity index (χ2n) is 6.61. The van der Waals surface area contributed by atoms with Crippen LogP contribution in [-0.2, 0) is 27.3 Å². The van der Waals surface area contributed by atoms with Crippen LogP contribution in [0.4, 0.5) is 0 Å². The van der Waals surface area contributed by atoms with Crippen molar-refractivity contribution in [3.63, 3.8) is 0 Å². The zero-order valence-corrected chi connectivity index (χ0v) is 17.5. The van der Waals surface area contributed by atoms with Crippen molar-refractivity contribution in [3.05, 3.63) is 18.2 Å². The highest BCUT2D eigenvalue weighted by Crippen LogP contribution is 2.17. The zero-order valence-electron chi connectivity index (χ0n) is 16.7. The highest BCUT2D eigenvalue weighted by atomic mass is 35.5. The Hall–Kier alpha value is -1.60. The van der Waals surface area contributed by atoms with Crippen LogP contribution < -0.4 is 0 Å². The lowest BCUT2D eigenvalue weighted by Gasteiger charge is -2.37. The molecule has 1 aliphatic rings. The van der Waals surface area contributed by atoms with Gasteiger partial charge in [0.05, 0.1) is 6.61 Å². The Kier molecular flexibility index (Phi) is 10.4. The number of imidazole rings is 1. The van der Waals surface area contributed by atoms with Gasteiger partial charge in [-0.15, -0.1) is 12.4 Å². The van der Waals surface area contributed by atoms with E-state index in [-0.39, 0.29) is 30.8 Å². The number of likely N-dealkylation sites (tertiary alicyclic amines) is 1. The van der Waals surface area contributed by atoms with Crippen LogP contribution in [0.1, 0.15) is 45.9 Å². The van der Waals surface area contributed by atoms with E-state index in [1.165, 1.54) is 0 Å². The Morgan fingerprint density at radius 1 is 1.22 bits per heavy atom. The maximum Gasteiger partial charge on any atom is 0.325 e. The highest BCUT2D eigenvalue weighted by Gasteiger charge is 2.25. The van der Waals surface area contributed by atoms with E-state index >= 15 is 0 Å². The van der Waals surface area contributed by atoms with Gasteiger partial charge in [-0.25, -0.2) is 4.98 Å². The van der Waals surface area contributed by atoms with Crippen molar-refractivity contribution in [2.45, 2.75) is 59.0 Å². The second-order valence-corrected chi connectivity index (χ2v) is 6.61. The summed E-state index contributed by atoms with van der Waals surface area (Å²) in [4.78, 5) is 32.9. The van der Waals surface area contributed by atoms with E-state index in [2.05, 4.69) is 23.7 Å². The van der Waals surface area contributed by atoms with Crippen LogP contribution in [0.15, 0.2) is 12.4 Å². The first-order valence-corrected chi connectivity index (χ1v) is 9.76. The Morgan fingerprint density at radius 2 is 1.89 bits per heavy atom. The van der Waals surface area contributed by atoms with E-state index in [1.54, 1.807) is 23.9 Å². The molecule has 0 unspecified atom stereocenters. The van der Waals surface area contributed by atoms with Gasteiger partial charge in [0.25, 0.3) is 0 Å². The van der Waals surface area contributed by atoms with Gasteiger partial charge in [0.1, 0.15) is 12.4 Å². The van der Waals surface area contributed by atoms with Crippen molar-refractivity contribution in [2.75, 3.05) is 32.8 Å². The number of ether oxygens (including phenoxy) is 1. The van der Waals surface area contributed by atoms with Crippen LogP contribution in [0.3, 0.4) is 0 Å². The van der Waals surface area contributed by atoms with Gasteiger partial charge < -0.3 is 19.1 Å². The predicted octanol–water partition coefficient (Wildman–Crippen LogP) is 2.13. The van der Waals surface area contributed by atoms with Gasteiger partial charge in [-0.05, 0) is 32.9 Å². The lowest BCUT2D eigenvalue weighted by Crippen LogP contribution is -2.46. The number of rotatable bonds is 9. The molecule has 8 heteroatoms. The minimum atomic E-state index is -0.281. The third-order valence-electron chi connectivity index (χ3n) is 5.11. The summed E-state index contributed by atoms with van der Waals surface area (Å²) in [5, 5.41) is 0. The van der Waals surface area contributed by atoms with Gasteiger partial charge in [0, 0.05) is 44.4 Å². The topological polar surface area (TPSA) is 67.7 Å². The molecule has 0 aliphatic carbocycles. The largest absolute Gasteiger partial charge is 0.465 e. The molecule has 0 spiro atoms. The Bertz CT molecular complexity index is 581. The summed E-state index contributed by atoms with van der Waals surface area (Å²) >= 11 is 0. The molecule has 0 saturated carbocycles. The smallest absolute Gasteiger partial charge is 0.325 e. The number of hydrogen-bond donors (Lipinski definition) is 0. The van der Waals surface area contributed by atoms with Crippen molar-refractivity contribution in [1.29, 1.82) is 0 Å². The first-order chi connectivity index (χ1) is 12.6. The Labute approximate surface area is 168 Å². The van der Waals surface area contributed by atoms with Gasteiger partial charge >= 0.3 is 5.97 Å². The lowest BCUT2D eigenvalue weighted by atomic mass is 10.0. The van der Waals surface area contributed by atoms with Crippen molar-refractivity contribution in [1.82, 2.24) is 19.4 Å². The minimum Gasteiger partial charge on any atom is -0.465 e. The quantitative estimate of drug-likeness (QED) is 0.594. The summed E-state index contributed by atoms with van der Waals surface area (Å²) in [6.45, 7) is 10.5. The van der Waals surface area contributed by atoms with Crippen LogP contribution >= 0.6 is 12.4 Å². The van der Waals surface area contributed by atoms with Gasteiger partial charge in [0.15, 0.2) is 0 Å². The molecular formula is C19H33ClN4O3. The fourth-order valence-corrected chi connectivity index (χ4v) is 3.66. The fraction of sp³-hybridized carbons (Fsp3) is 0.737. The molecule has 154 valence electrons. The zero-order chi connectivity index (χ0) is 18.9. The van der Waals surface area contributed by atoms with E-state index in [4.69, 9.17) is 4.74 Å². The normalized spacial score (nSPS) is 14.9. The van der Waals surface area contributed by atoms with Gasteiger partial charge in [0.2, 0.25) is 5.91 Å². The molecule has 1 aromatic rings. The van der Waals surface area contributed by atoms with E-state index in [0.717, 1.165) is 44.8 Å². The molecule has 1 saturated heterocycles. The van der Waals surface area contributed by atoms with Crippen molar-refractivity contribution >= 4 is 24.3 Å². The first kappa shape index (κ1) is 23.4. The van der Waals surface area contributed by atoms with Gasteiger partial charge in [-0.3, -0.25) is 9.59 Å². The molecule has 0 radical (unpaired) electrons. The molecule has 0 aromatic carbocycles. The van der Waals surface area contributed by atoms with Gasteiger partial charge in [-0.1, -0.05) is 13.8 Å². The molecule has 2 heterocycles. The summed E-state index contributed by atoms with van der Waals surface area (Å²) in [6, 6.07) is 0.595. The highest BCUT2D eigenvalue weighted by molar-refractivity contribution is 5.85. The summed E-state index contributed by atoms with van der Waals surface area (Å²) < 4.78 is 6.73. The van der Waals surface area contributed by atoms with E-state index < -0.39 is 0 Å². The van der Waals surface area contributed by atoms with E-state index in [9.17, 15) is 9.59 Å². The van der Waals surface area contributed by atoms with Gasteiger partial charge in [-0.2, -0.15) is 0 Å². The summed E-state index contributed by atoms with van der Waals surface area (Å²) in [7, 11) is 0. The average Bonchev–Trinajstić information content (AvgIpc) is 3.08. The van der Waals surface area contributed by atoms with Crippen molar-refractivity contribution < 1.29 is 14.3 Å². The third-order valence-corrected chi connectivity index (χ3v) is 5.11. The SMILES string of the molecule is CCOC(=O)Cn1ccnc1CCC(=O)N1CCC(N(CC)CC)CC1.Cl. The number of aryl methyl sites for hydroxylation is 1. The summed E-state index contributed by atoms with van der Waals surface area (Å²) in [5.41, 5.74) is 0. The molecule has 1 aliphatic heterocycles. The third kappa shape index (κ3) is 6.81. The first-order valence-electron chi connectivity index (χ1n) is 9.76. The number of carbonyl (C=O) groups is 2. The van der Waals surface area contributed by atoms with Crippen LogP contribution in [-0.4, -0.2) is 70.1 Å². The summed E-state index contributed by atoms with van der Waals surface area (Å²) in [5.74, 6) is 0.648. The molecule has 0 N–H and O–H groups in total. The molecule has 27 heavy (non-hydrogen) atoms. The molecule has 1 amide bonds. The Morgan fingerprint density at radius 3 is 2.48 bits per heavy atom. The maximum absolute atomic E-state index is 12.5. The lowest BCUT2D eigenvalue weighted by molar-refractivity contribution is -0.143. The number of esters is 1. The van der Waals surface area contributed by atoms with E-state index in [1.807, 2.05) is 4.90 Å². The van der Waals surface area contributed by atoms with Crippen LogP contribution in [0.2, 0.25) is 0 Å². The maximum atomic E-state index is 12.5. The Balaban J connectivity index is 0.00000364. The number of amides is 1. The molecule has 0 atom stereocenters. The molecule has 1 aromatic heterocycles. The standard InChI is InChI=1S/C19H32N4O3.ClH/c1-4-21(5-2)16-9-12-22(13-10-16)18(24)8-7-17-20-11-14-23(17)15-19(25)26-6-3;/h11,14,16H,4-10,12-13,15H2,1-3H3;1H. The second kappa shape index (κ2) is 12.0. The van der Waals surface area contributed by atoms with E-state index in [0.29, 0.717) is 25.5 Å². The number of nitrogens with zero attached hydrogens (tertiary/aromatic N) is 4. The van der Waals surface area contributed by atoms with Crippen LogP contribution in [0.5, 0.6) is 0 Å². The number of hydrogen-bond acceptors (Lipinski definition) is 5. The van der Waals surface area contributed by atoms with Crippen molar-refractivity contribution in [2.24, 2.45) is 0 Å². The molecule has 0 bridgehead atoms. The van der Waals surface area contributed by atoms with Crippen LogP contribution in [0, 0.1) is 0 Å². The minimum absolute atomic E-state index is 0. The number of carbonyl (C=O) groups excluding carboxylic acids is 2. The molecule has 7 nitrogen and oxygen atoms in total. The summed E-state index contributed by atoms with van der Waals surface area (Å²) in [6.07, 6.45) is 6.48. The number of aromatic nitrogens is 2.